The van der Waals surface area contributed by atoms with Gasteiger partial charge in [-0.05, 0) is 42.3 Å². The number of rotatable bonds is 11. The maximum atomic E-state index is 9.00. The molecule has 0 saturated heterocycles. The maximum absolute atomic E-state index is 9.00. The standard InChI is InChI=1S/C23H30O7/c1-15(10-17-13-18(25-2)22(29-6)19(14-17)26-3)30-23-20(27-4)11-16(8-7-9-24)12-21(23)28-5/h7-8,11-15,24H,9-10H2,1-6H3/b8-7+/t15-/m0/s1. The number of benzene rings is 2. The third-order valence-corrected chi connectivity index (χ3v) is 4.47. The van der Waals surface area contributed by atoms with Crippen molar-refractivity contribution in [1.29, 1.82) is 0 Å². The van der Waals surface area contributed by atoms with Crippen molar-refractivity contribution in [2.45, 2.75) is 19.4 Å². The predicted octanol–water partition coefficient (Wildman–Crippen LogP) is 3.75. The molecular weight excluding hydrogens is 388 g/mol. The van der Waals surface area contributed by atoms with Crippen LogP contribution in [0.2, 0.25) is 0 Å². The summed E-state index contributed by atoms with van der Waals surface area (Å²) in [7, 11) is 7.90. The minimum Gasteiger partial charge on any atom is -0.493 e. The van der Waals surface area contributed by atoms with Crippen LogP contribution in [0.25, 0.3) is 6.08 Å². The summed E-state index contributed by atoms with van der Waals surface area (Å²) in [5.74, 6) is 3.34. The van der Waals surface area contributed by atoms with E-state index in [0.29, 0.717) is 40.9 Å². The van der Waals surface area contributed by atoms with Crippen LogP contribution in [0.15, 0.2) is 30.3 Å². The summed E-state index contributed by atoms with van der Waals surface area (Å²) in [4.78, 5) is 0. The van der Waals surface area contributed by atoms with Gasteiger partial charge in [0.2, 0.25) is 11.5 Å². The second-order valence-electron chi connectivity index (χ2n) is 6.51. The van der Waals surface area contributed by atoms with Gasteiger partial charge in [0.15, 0.2) is 23.0 Å². The van der Waals surface area contributed by atoms with Gasteiger partial charge in [-0.25, -0.2) is 0 Å². The summed E-state index contributed by atoms with van der Waals surface area (Å²) in [6, 6.07) is 7.46. The maximum Gasteiger partial charge on any atom is 0.203 e. The molecule has 0 unspecified atom stereocenters. The van der Waals surface area contributed by atoms with E-state index in [0.717, 1.165) is 11.1 Å². The lowest BCUT2D eigenvalue weighted by atomic mass is 10.1. The van der Waals surface area contributed by atoms with Gasteiger partial charge in [-0.2, -0.15) is 0 Å². The lowest BCUT2D eigenvalue weighted by Crippen LogP contribution is -2.16. The number of hydrogen-bond donors (Lipinski definition) is 1. The van der Waals surface area contributed by atoms with Crippen LogP contribution < -0.4 is 28.4 Å². The van der Waals surface area contributed by atoms with Crippen LogP contribution in [0.4, 0.5) is 0 Å². The molecule has 0 amide bonds. The van der Waals surface area contributed by atoms with Gasteiger partial charge in [0, 0.05) is 6.42 Å². The summed E-state index contributed by atoms with van der Waals surface area (Å²) in [5.41, 5.74) is 1.81. The third-order valence-electron chi connectivity index (χ3n) is 4.47. The van der Waals surface area contributed by atoms with E-state index in [2.05, 4.69) is 0 Å². The normalized spacial score (nSPS) is 11.8. The zero-order valence-electron chi connectivity index (χ0n) is 18.4. The molecule has 7 heteroatoms. The predicted molar refractivity (Wildman–Crippen MR) is 116 cm³/mol. The topological polar surface area (TPSA) is 75.6 Å². The van der Waals surface area contributed by atoms with Crippen molar-refractivity contribution in [3.8, 4) is 34.5 Å². The van der Waals surface area contributed by atoms with Crippen molar-refractivity contribution in [3.63, 3.8) is 0 Å². The molecule has 0 bridgehead atoms. The second-order valence-corrected chi connectivity index (χ2v) is 6.51. The fourth-order valence-corrected chi connectivity index (χ4v) is 3.13. The van der Waals surface area contributed by atoms with E-state index < -0.39 is 0 Å². The Kier molecular flexibility index (Phi) is 8.68. The largest absolute Gasteiger partial charge is 0.493 e. The Morgan fingerprint density at radius 1 is 0.767 bits per heavy atom. The number of aliphatic hydroxyl groups is 1. The van der Waals surface area contributed by atoms with E-state index in [1.807, 2.05) is 31.2 Å². The molecule has 2 aromatic carbocycles. The lowest BCUT2D eigenvalue weighted by molar-refractivity contribution is 0.201. The molecule has 1 N–H and O–H groups in total. The Hall–Kier alpha value is -3.06. The van der Waals surface area contributed by atoms with Gasteiger partial charge in [-0.1, -0.05) is 12.2 Å². The minimum atomic E-state index is -0.200. The van der Waals surface area contributed by atoms with Gasteiger partial charge in [-0.15, -0.1) is 0 Å². The number of methoxy groups -OCH3 is 5. The van der Waals surface area contributed by atoms with Crippen molar-refractivity contribution in [1.82, 2.24) is 0 Å². The van der Waals surface area contributed by atoms with Crippen LogP contribution in [0.1, 0.15) is 18.1 Å². The first-order valence-electron chi connectivity index (χ1n) is 9.50. The second kappa shape index (κ2) is 11.2. The van der Waals surface area contributed by atoms with E-state index in [1.54, 1.807) is 47.7 Å². The minimum absolute atomic E-state index is 0.0469. The molecule has 30 heavy (non-hydrogen) atoms. The Balaban J connectivity index is 2.30. The summed E-state index contributed by atoms with van der Waals surface area (Å²) < 4.78 is 33.4. The molecule has 7 nitrogen and oxygen atoms in total. The quantitative estimate of drug-likeness (QED) is 0.596. The van der Waals surface area contributed by atoms with Gasteiger partial charge in [-0.3, -0.25) is 0 Å². The summed E-state index contributed by atoms with van der Waals surface area (Å²) in [6.07, 6.45) is 3.82. The average Bonchev–Trinajstić information content (AvgIpc) is 2.77. The first kappa shape index (κ1) is 23.2. The first-order chi connectivity index (χ1) is 14.5. The molecule has 0 aromatic heterocycles. The molecule has 1 atom stereocenters. The van der Waals surface area contributed by atoms with E-state index in [-0.39, 0.29) is 12.7 Å². The van der Waals surface area contributed by atoms with Crippen molar-refractivity contribution >= 4 is 6.08 Å². The fourth-order valence-electron chi connectivity index (χ4n) is 3.13. The fraction of sp³-hybridized carbons (Fsp3) is 0.391. The van der Waals surface area contributed by atoms with E-state index in [9.17, 15) is 0 Å². The highest BCUT2D eigenvalue weighted by Gasteiger charge is 2.19. The summed E-state index contributed by atoms with van der Waals surface area (Å²) in [6.45, 7) is 1.91. The van der Waals surface area contributed by atoms with Gasteiger partial charge in [0.25, 0.3) is 0 Å². The molecular formula is C23H30O7. The molecule has 0 saturated carbocycles. The molecule has 0 aliphatic rings. The Bertz CT molecular complexity index is 811. The average molecular weight is 418 g/mol. The molecule has 0 fully saturated rings. The van der Waals surface area contributed by atoms with Crippen LogP contribution in [0.5, 0.6) is 34.5 Å². The molecule has 0 heterocycles. The van der Waals surface area contributed by atoms with Crippen LogP contribution in [-0.4, -0.2) is 53.4 Å². The highest BCUT2D eigenvalue weighted by Crippen LogP contribution is 2.41. The van der Waals surface area contributed by atoms with Crippen molar-refractivity contribution in [2.24, 2.45) is 0 Å². The molecule has 0 aliphatic carbocycles. The van der Waals surface area contributed by atoms with E-state index in [4.69, 9.17) is 33.5 Å². The third kappa shape index (κ3) is 5.51. The van der Waals surface area contributed by atoms with E-state index in [1.165, 1.54) is 0 Å². The Morgan fingerprint density at radius 3 is 1.70 bits per heavy atom. The first-order valence-corrected chi connectivity index (χ1v) is 9.50. The highest BCUT2D eigenvalue weighted by molar-refractivity contribution is 5.62. The lowest BCUT2D eigenvalue weighted by Gasteiger charge is -2.21. The van der Waals surface area contributed by atoms with Crippen LogP contribution in [-0.2, 0) is 6.42 Å². The number of aliphatic hydroxyl groups excluding tert-OH is 1. The monoisotopic (exact) mass is 418 g/mol. The van der Waals surface area contributed by atoms with Gasteiger partial charge < -0.3 is 33.5 Å². The van der Waals surface area contributed by atoms with Crippen molar-refractivity contribution < 1.29 is 33.5 Å². The Labute approximate surface area is 177 Å². The van der Waals surface area contributed by atoms with Crippen molar-refractivity contribution in [2.75, 3.05) is 42.2 Å². The van der Waals surface area contributed by atoms with Crippen molar-refractivity contribution in [3.05, 3.63) is 41.5 Å². The summed E-state index contributed by atoms with van der Waals surface area (Å²) in [5, 5.41) is 9.00. The molecule has 0 radical (unpaired) electrons. The zero-order chi connectivity index (χ0) is 22.1. The van der Waals surface area contributed by atoms with Gasteiger partial charge >= 0.3 is 0 Å². The van der Waals surface area contributed by atoms with Gasteiger partial charge in [0.05, 0.1) is 42.2 Å². The SMILES string of the molecule is COc1cc(C[C@H](C)Oc2c(OC)cc(/C=C/CO)cc2OC)cc(OC)c1OC. The van der Waals surface area contributed by atoms with Crippen LogP contribution >= 0.6 is 0 Å². The Morgan fingerprint density at radius 2 is 1.27 bits per heavy atom. The smallest absolute Gasteiger partial charge is 0.203 e. The molecule has 0 aliphatic heterocycles. The zero-order valence-corrected chi connectivity index (χ0v) is 18.4. The van der Waals surface area contributed by atoms with Crippen LogP contribution in [0, 0.1) is 0 Å². The molecule has 0 spiro atoms. The summed E-state index contributed by atoms with van der Waals surface area (Å²) >= 11 is 0. The number of ether oxygens (including phenoxy) is 6. The molecule has 2 rings (SSSR count). The van der Waals surface area contributed by atoms with Gasteiger partial charge in [0.1, 0.15) is 6.10 Å². The van der Waals surface area contributed by atoms with Crippen LogP contribution in [0.3, 0.4) is 0 Å². The van der Waals surface area contributed by atoms with E-state index >= 15 is 0 Å². The molecule has 164 valence electrons. The number of hydrogen-bond acceptors (Lipinski definition) is 7. The highest BCUT2D eigenvalue weighted by atomic mass is 16.5. The molecule has 2 aromatic rings.